The van der Waals surface area contributed by atoms with E-state index in [-0.39, 0.29) is 11.7 Å². The van der Waals surface area contributed by atoms with Crippen molar-refractivity contribution in [3.05, 3.63) is 69.6 Å². The number of nitrogens with zero attached hydrogens (tertiary/aromatic N) is 1. The van der Waals surface area contributed by atoms with Crippen LogP contribution in [0.25, 0.3) is 10.8 Å². The van der Waals surface area contributed by atoms with Gasteiger partial charge in [-0.3, -0.25) is 4.79 Å². The Kier molecular flexibility index (Phi) is 5.08. The van der Waals surface area contributed by atoms with Crippen molar-refractivity contribution in [3.8, 4) is 11.5 Å². The predicted molar refractivity (Wildman–Crippen MR) is 108 cm³/mol. The Bertz CT molecular complexity index is 1000. The molecule has 1 aliphatic carbocycles. The minimum Gasteiger partial charge on any atom is -0.497 e. The van der Waals surface area contributed by atoms with Crippen LogP contribution in [0.4, 0.5) is 0 Å². The smallest absolute Gasteiger partial charge is 0.258 e. The lowest BCUT2D eigenvalue weighted by atomic mass is 10.1. The number of methoxy groups -OCH3 is 1. The molecule has 27 heavy (non-hydrogen) atoms. The van der Waals surface area contributed by atoms with Crippen LogP contribution in [-0.2, 0) is 6.54 Å². The summed E-state index contributed by atoms with van der Waals surface area (Å²) in [6, 6.07) is 13.3. The number of pyridine rings is 1. The normalized spacial score (nSPS) is 14.6. The van der Waals surface area contributed by atoms with Crippen LogP contribution in [0.15, 0.2) is 53.5 Å². The number of rotatable bonds is 5. The van der Waals surface area contributed by atoms with Crippen LogP contribution in [-0.4, -0.2) is 17.8 Å². The van der Waals surface area contributed by atoms with Gasteiger partial charge in [0, 0.05) is 11.6 Å². The van der Waals surface area contributed by atoms with Gasteiger partial charge in [-0.25, -0.2) is 0 Å². The highest BCUT2D eigenvalue weighted by molar-refractivity contribution is 6.32. The zero-order chi connectivity index (χ0) is 18.8. The first kappa shape index (κ1) is 17.9. The van der Waals surface area contributed by atoms with Gasteiger partial charge < -0.3 is 14.0 Å². The molecule has 0 amide bonds. The van der Waals surface area contributed by atoms with Gasteiger partial charge in [0.05, 0.1) is 24.8 Å². The second kappa shape index (κ2) is 7.65. The molecule has 4 rings (SSSR count). The van der Waals surface area contributed by atoms with Crippen LogP contribution in [0.2, 0.25) is 5.02 Å². The van der Waals surface area contributed by atoms with Gasteiger partial charge >= 0.3 is 0 Å². The standard InChI is InChI=1S/C22H22ClNO3/c1-26-17-8-6-15(7-9-17)14-24-11-10-16-12-21(27-18-4-2-3-5-18)20(23)13-19(16)22(24)25/h6-13,18H,2-5,14H2,1H3. The van der Waals surface area contributed by atoms with Crippen LogP contribution in [0.5, 0.6) is 11.5 Å². The molecule has 0 bridgehead atoms. The first-order chi connectivity index (χ1) is 13.1. The molecule has 0 aliphatic heterocycles. The molecular weight excluding hydrogens is 362 g/mol. The van der Waals surface area contributed by atoms with Crippen molar-refractivity contribution in [2.75, 3.05) is 7.11 Å². The molecule has 0 saturated heterocycles. The van der Waals surface area contributed by atoms with Gasteiger partial charge in [-0.1, -0.05) is 23.7 Å². The van der Waals surface area contributed by atoms with Gasteiger partial charge in [0.1, 0.15) is 11.5 Å². The zero-order valence-corrected chi connectivity index (χ0v) is 16.0. The summed E-state index contributed by atoms with van der Waals surface area (Å²) in [7, 11) is 1.64. The summed E-state index contributed by atoms with van der Waals surface area (Å²) < 4.78 is 12.9. The largest absolute Gasteiger partial charge is 0.497 e. The summed E-state index contributed by atoms with van der Waals surface area (Å²) in [5.41, 5.74) is 0.974. The van der Waals surface area contributed by atoms with E-state index in [9.17, 15) is 4.79 Å². The summed E-state index contributed by atoms with van der Waals surface area (Å²) in [4.78, 5) is 12.9. The third-order valence-corrected chi connectivity index (χ3v) is 5.43. The molecule has 0 atom stereocenters. The lowest BCUT2D eigenvalue weighted by Crippen LogP contribution is -2.20. The highest BCUT2D eigenvalue weighted by Crippen LogP contribution is 2.32. The number of hydrogen-bond donors (Lipinski definition) is 0. The number of halogens is 1. The number of fused-ring (bicyclic) bond motifs is 1. The monoisotopic (exact) mass is 383 g/mol. The first-order valence-corrected chi connectivity index (χ1v) is 9.64. The number of hydrogen-bond acceptors (Lipinski definition) is 3. The molecule has 5 heteroatoms. The van der Waals surface area contributed by atoms with E-state index < -0.39 is 0 Å². The van der Waals surface area contributed by atoms with E-state index >= 15 is 0 Å². The quantitative estimate of drug-likeness (QED) is 0.620. The first-order valence-electron chi connectivity index (χ1n) is 9.26. The molecule has 140 valence electrons. The van der Waals surface area contributed by atoms with Crippen molar-refractivity contribution in [2.45, 2.75) is 38.3 Å². The minimum atomic E-state index is -0.0577. The van der Waals surface area contributed by atoms with Gasteiger partial charge in [0.2, 0.25) is 0 Å². The highest BCUT2D eigenvalue weighted by Gasteiger charge is 2.18. The lowest BCUT2D eigenvalue weighted by molar-refractivity contribution is 0.210. The summed E-state index contributed by atoms with van der Waals surface area (Å²) in [6.45, 7) is 0.497. The average Bonchev–Trinajstić information content (AvgIpc) is 3.19. The Hall–Kier alpha value is -2.46. The van der Waals surface area contributed by atoms with Crippen molar-refractivity contribution in [2.24, 2.45) is 0 Å². The molecule has 2 aromatic carbocycles. The molecule has 1 aliphatic rings. The van der Waals surface area contributed by atoms with Gasteiger partial charge in [-0.15, -0.1) is 0 Å². The van der Waals surface area contributed by atoms with E-state index in [1.165, 1.54) is 12.8 Å². The zero-order valence-electron chi connectivity index (χ0n) is 15.3. The van der Waals surface area contributed by atoms with E-state index in [0.717, 1.165) is 29.5 Å². The van der Waals surface area contributed by atoms with Crippen LogP contribution >= 0.6 is 11.6 Å². The summed E-state index contributed by atoms with van der Waals surface area (Å²) >= 11 is 6.41. The lowest BCUT2D eigenvalue weighted by Gasteiger charge is -2.15. The van der Waals surface area contributed by atoms with Crippen molar-refractivity contribution in [1.29, 1.82) is 0 Å². The maximum Gasteiger partial charge on any atom is 0.258 e. The van der Waals surface area contributed by atoms with Crippen molar-refractivity contribution < 1.29 is 9.47 Å². The summed E-state index contributed by atoms with van der Waals surface area (Å²) in [5, 5.41) is 1.95. The van der Waals surface area contributed by atoms with Crippen LogP contribution in [0, 0.1) is 0 Å². The third-order valence-electron chi connectivity index (χ3n) is 5.14. The Labute approximate surface area is 163 Å². The summed E-state index contributed by atoms with van der Waals surface area (Å²) in [6.07, 6.45) is 6.59. The fourth-order valence-corrected chi connectivity index (χ4v) is 3.82. The molecule has 4 nitrogen and oxygen atoms in total. The SMILES string of the molecule is COc1ccc(Cn2ccc3cc(OC4CCCC4)c(Cl)cc3c2=O)cc1. The molecule has 3 aromatic rings. The van der Waals surface area contributed by atoms with Crippen LogP contribution in [0.3, 0.4) is 0 Å². The van der Waals surface area contributed by atoms with Crippen molar-refractivity contribution in [1.82, 2.24) is 4.57 Å². The molecular formula is C22H22ClNO3. The minimum absolute atomic E-state index is 0.0577. The Morgan fingerprint density at radius 3 is 2.56 bits per heavy atom. The molecule has 1 aromatic heterocycles. The molecule has 1 fully saturated rings. The van der Waals surface area contributed by atoms with E-state index in [4.69, 9.17) is 21.1 Å². The van der Waals surface area contributed by atoms with Crippen molar-refractivity contribution in [3.63, 3.8) is 0 Å². The van der Waals surface area contributed by atoms with E-state index in [0.29, 0.717) is 22.7 Å². The molecule has 1 saturated carbocycles. The molecule has 0 N–H and O–H groups in total. The highest BCUT2D eigenvalue weighted by atomic mass is 35.5. The van der Waals surface area contributed by atoms with Gasteiger partial charge in [-0.05, 0) is 67.0 Å². The topological polar surface area (TPSA) is 40.5 Å². The van der Waals surface area contributed by atoms with Crippen LogP contribution in [0.1, 0.15) is 31.2 Å². The van der Waals surface area contributed by atoms with E-state index in [2.05, 4.69) is 0 Å². The fraction of sp³-hybridized carbons (Fsp3) is 0.318. The molecule has 1 heterocycles. The van der Waals surface area contributed by atoms with Gasteiger partial charge in [-0.2, -0.15) is 0 Å². The third kappa shape index (κ3) is 3.81. The van der Waals surface area contributed by atoms with Gasteiger partial charge in [0.15, 0.2) is 0 Å². The molecule has 0 unspecified atom stereocenters. The fourth-order valence-electron chi connectivity index (χ4n) is 3.61. The molecule has 0 spiro atoms. The van der Waals surface area contributed by atoms with Crippen molar-refractivity contribution >= 4 is 22.4 Å². The second-order valence-corrected chi connectivity index (χ2v) is 7.40. The Morgan fingerprint density at radius 1 is 1.11 bits per heavy atom. The van der Waals surface area contributed by atoms with Gasteiger partial charge in [0.25, 0.3) is 5.56 Å². The van der Waals surface area contributed by atoms with E-state index in [1.54, 1.807) is 17.7 Å². The maximum absolute atomic E-state index is 12.9. The average molecular weight is 384 g/mol. The van der Waals surface area contributed by atoms with Crippen LogP contribution < -0.4 is 15.0 Å². The Morgan fingerprint density at radius 2 is 1.85 bits per heavy atom. The maximum atomic E-state index is 12.9. The number of aromatic nitrogens is 1. The number of ether oxygens (including phenoxy) is 2. The second-order valence-electron chi connectivity index (χ2n) is 6.99. The Balaban J connectivity index is 1.63. The molecule has 0 radical (unpaired) electrons. The predicted octanol–water partition coefficient (Wildman–Crippen LogP) is 5.03. The number of benzene rings is 2. The van der Waals surface area contributed by atoms with E-state index in [1.807, 2.05) is 42.6 Å². The summed E-state index contributed by atoms with van der Waals surface area (Å²) in [5.74, 6) is 1.47.